The van der Waals surface area contributed by atoms with Gasteiger partial charge in [0.2, 0.25) is 11.8 Å². The topological polar surface area (TPSA) is 80.5 Å². The second-order valence-electron chi connectivity index (χ2n) is 5.47. The van der Waals surface area contributed by atoms with Crippen LogP contribution in [0.1, 0.15) is 37.2 Å². The molecule has 0 radical (unpaired) electrons. The molecule has 0 saturated heterocycles. The molecule has 3 rings (SSSR count). The van der Waals surface area contributed by atoms with E-state index in [2.05, 4.69) is 15.5 Å². The fourth-order valence-electron chi connectivity index (χ4n) is 2.68. The van der Waals surface area contributed by atoms with E-state index in [9.17, 15) is 4.79 Å². The molecule has 1 atom stereocenters. The molecule has 0 unspecified atom stereocenters. The Labute approximate surface area is 134 Å². The zero-order valence-electron chi connectivity index (χ0n) is 13.5. The van der Waals surface area contributed by atoms with Crippen molar-refractivity contribution in [3.63, 3.8) is 0 Å². The molecule has 1 N–H and O–H groups in total. The van der Waals surface area contributed by atoms with E-state index in [1.54, 1.807) is 11.8 Å². The van der Waals surface area contributed by atoms with Gasteiger partial charge in [-0.3, -0.25) is 4.90 Å². The average Bonchev–Trinajstić information content (AvgIpc) is 3.13. The van der Waals surface area contributed by atoms with Crippen molar-refractivity contribution in [3.05, 3.63) is 35.5 Å². The normalized spacial score (nSPS) is 14.5. The number of hydrogen-bond acceptors (Lipinski definition) is 6. The van der Waals surface area contributed by atoms with Crippen molar-refractivity contribution in [3.8, 4) is 0 Å². The van der Waals surface area contributed by atoms with Crippen LogP contribution in [0.25, 0.3) is 0 Å². The molecule has 1 aliphatic heterocycles. The molecule has 2 heterocycles. The molecule has 1 aromatic heterocycles. The van der Waals surface area contributed by atoms with E-state index in [1.165, 1.54) is 0 Å². The Morgan fingerprint density at radius 2 is 2.30 bits per heavy atom. The first kappa shape index (κ1) is 15.3. The molecule has 1 aromatic carbocycles. The lowest BCUT2D eigenvalue weighted by Gasteiger charge is -2.17. The predicted molar refractivity (Wildman–Crippen MR) is 85.6 cm³/mol. The molecule has 7 nitrogen and oxygen atoms in total. The largest absolute Gasteiger partial charge is 0.449 e. The number of aromatic nitrogens is 2. The molecule has 7 heteroatoms. The molecule has 0 saturated carbocycles. The SMILES string of the molecule is CCOC(=O)N1CCc2cc(N[C@@H](C)c3nnc(C)o3)ccc21. The van der Waals surface area contributed by atoms with Crippen LogP contribution in [0.2, 0.25) is 0 Å². The second kappa shape index (κ2) is 6.28. The van der Waals surface area contributed by atoms with Gasteiger partial charge in [-0.25, -0.2) is 4.79 Å². The van der Waals surface area contributed by atoms with Crippen LogP contribution in [0.5, 0.6) is 0 Å². The number of hydrogen-bond donors (Lipinski definition) is 1. The molecule has 23 heavy (non-hydrogen) atoms. The number of ether oxygens (including phenoxy) is 1. The molecule has 0 fully saturated rings. The van der Waals surface area contributed by atoms with E-state index in [0.717, 1.165) is 23.4 Å². The van der Waals surface area contributed by atoms with Gasteiger partial charge in [0.05, 0.1) is 12.3 Å². The molecule has 0 spiro atoms. The lowest BCUT2D eigenvalue weighted by Crippen LogP contribution is -2.29. The minimum Gasteiger partial charge on any atom is -0.449 e. The average molecular weight is 316 g/mol. The smallest absolute Gasteiger partial charge is 0.414 e. The molecule has 2 aromatic rings. The summed E-state index contributed by atoms with van der Waals surface area (Å²) >= 11 is 0. The summed E-state index contributed by atoms with van der Waals surface area (Å²) in [5.41, 5.74) is 2.99. The molecular formula is C16H20N4O3. The maximum Gasteiger partial charge on any atom is 0.414 e. The fraction of sp³-hybridized carbons (Fsp3) is 0.438. The quantitative estimate of drug-likeness (QED) is 0.933. The third kappa shape index (κ3) is 3.13. The Balaban J connectivity index is 1.73. The molecule has 1 amide bonds. The van der Waals surface area contributed by atoms with Crippen LogP contribution in [-0.2, 0) is 11.2 Å². The summed E-state index contributed by atoms with van der Waals surface area (Å²) in [6, 6.07) is 5.84. The third-order valence-electron chi connectivity index (χ3n) is 3.76. The zero-order valence-corrected chi connectivity index (χ0v) is 13.5. The Kier molecular flexibility index (Phi) is 4.18. The fourth-order valence-corrected chi connectivity index (χ4v) is 2.68. The highest BCUT2D eigenvalue weighted by atomic mass is 16.6. The summed E-state index contributed by atoms with van der Waals surface area (Å²) < 4.78 is 10.5. The zero-order chi connectivity index (χ0) is 16.4. The standard InChI is InChI=1S/C16H20N4O3/c1-4-22-16(21)20-8-7-12-9-13(5-6-14(12)20)17-10(2)15-19-18-11(3)23-15/h5-6,9-10,17H,4,7-8H2,1-3H3/t10-/m0/s1. The van der Waals surface area contributed by atoms with Gasteiger partial charge in [-0.2, -0.15) is 0 Å². The summed E-state index contributed by atoms with van der Waals surface area (Å²) in [6.07, 6.45) is 0.527. The van der Waals surface area contributed by atoms with Gasteiger partial charge in [0.25, 0.3) is 0 Å². The molecule has 1 aliphatic rings. The van der Waals surface area contributed by atoms with Crippen LogP contribution in [0, 0.1) is 6.92 Å². The monoisotopic (exact) mass is 316 g/mol. The second-order valence-corrected chi connectivity index (χ2v) is 5.47. The Hall–Kier alpha value is -2.57. The van der Waals surface area contributed by atoms with Gasteiger partial charge in [-0.1, -0.05) is 0 Å². The summed E-state index contributed by atoms with van der Waals surface area (Å²) in [5.74, 6) is 1.10. The van der Waals surface area contributed by atoms with E-state index < -0.39 is 0 Å². The number of benzene rings is 1. The number of fused-ring (bicyclic) bond motifs is 1. The van der Waals surface area contributed by atoms with Crippen molar-refractivity contribution < 1.29 is 13.9 Å². The summed E-state index contributed by atoms with van der Waals surface area (Å²) in [6.45, 7) is 6.57. The predicted octanol–water partition coefficient (Wildman–Crippen LogP) is 3.07. The van der Waals surface area contributed by atoms with E-state index >= 15 is 0 Å². The van der Waals surface area contributed by atoms with Gasteiger partial charge in [-0.15, -0.1) is 10.2 Å². The minimum atomic E-state index is -0.290. The van der Waals surface area contributed by atoms with Crippen molar-refractivity contribution in [2.24, 2.45) is 0 Å². The van der Waals surface area contributed by atoms with Crippen LogP contribution in [-0.4, -0.2) is 29.4 Å². The van der Waals surface area contributed by atoms with Crippen LogP contribution >= 0.6 is 0 Å². The third-order valence-corrected chi connectivity index (χ3v) is 3.76. The van der Waals surface area contributed by atoms with Crippen molar-refractivity contribution in [2.45, 2.75) is 33.2 Å². The number of rotatable bonds is 4. The molecule has 122 valence electrons. The van der Waals surface area contributed by atoms with Crippen molar-refractivity contribution in [1.82, 2.24) is 10.2 Å². The van der Waals surface area contributed by atoms with Crippen LogP contribution in [0.3, 0.4) is 0 Å². The van der Waals surface area contributed by atoms with Gasteiger partial charge in [0.1, 0.15) is 6.04 Å². The summed E-state index contributed by atoms with van der Waals surface area (Å²) in [4.78, 5) is 13.6. The number of nitrogens with zero attached hydrogens (tertiary/aromatic N) is 3. The molecule has 0 bridgehead atoms. The maximum absolute atomic E-state index is 11.9. The summed E-state index contributed by atoms with van der Waals surface area (Å²) in [5, 5.41) is 11.2. The first-order valence-electron chi connectivity index (χ1n) is 7.72. The lowest BCUT2D eigenvalue weighted by molar-refractivity contribution is 0.160. The lowest BCUT2D eigenvalue weighted by atomic mass is 10.1. The van der Waals surface area contributed by atoms with Crippen LogP contribution in [0.4, 0.5) is 16.2 Å². The maximum atomic E-state index is 11.9. The van der Waals surface area contributed by atoms with E-state index in [0.29, 0.717) is 24.9 Å². The van der Waals surface area contributed by atoms with Crippen molar-refractivity contribution in [1.29, 1.82) is 0 Å². The minimum absolute atomic E-state index is 0.0863. The number of carbonyl (C=O) groups excluding carboxylic acids is 1. The van der Waals surface area contributed by atoms with Crippen molar-refractivity contribution in [2.75, 3.05) is 23.4 Å². The Bertz CT molecular complexity index is 713. The molecular weight excluding hydrogens is 296 g/mol. The summed E-state index contributed by atoms with van der Waals surface area (Å²) in [7, 11) is 0. The highest BCUT2D eigenvalue weighted by Crippen LogP contribution is 2.32. The van der Waals surface area contributed by atoms with Crippen LogP contribution in [0.15, 0.2) is 22.6 Å². The van der Waals surface area contributed by atoms with Gasteiger partial charge < -0.3 is 14.5 Å². The van der Waals surface area contributed by atoms with E-state index in [4.69, 9.17) is 9.15 Å². The van der Waals surface area contributed by atoms with Gasteiger partial charge >= 0.3 is 6.09 Å². The van der Waals surface area contributed by atoms with Gasteiger partial charge in [0.15, 0.2) is 0 Å². The van der Waals surface area contributed by atoms with E-state index in [-0.39, 0.29) is 12.1 Å². The van der Waals surface area contributed by atoms with Crippen molar-refractivity contribution >= 4 is 17.5 Å². The van der Waals surface area contributed by atoms with E-state index in [1.807, 2.05) is 32.0 Å². The first-order chi connectivity index (χ1) is 11.1. The number of anilines is 2. The highest BCUT2D eigenvalue weighted by Gasteiger charge is 2.26. The number of amides is 1. The first-order valence-corrected chi connectivity index (χ1v) is 7.72. The van der Waals surface area contributed by atoms with Crippen LogP contribution < -0.4 is 10.2 Å². The Morgan fingerprint density at radius 1 is 1.48 bits per heavy atom. The number of aryl methyl sites for hydroxylation is 1. The van der Waals surface area contributed by atoms with Gasteiger partial charge in [-0.05, 0) is 44.0 Å². The number of nitrogens with one attached hydrogen (secondary N) is 1. The highest BCUT2D eigenvalue weighted by molar-refractivity contribution is 5.90. The Morgan fingerprint density at radius 3 is 3.00 bits per heavy atom. The van der Waals surface area contributed by atoms with Gasteiger partial charge in [0, 0.05) is 19.2 Å². The number of carbonyl (C=O) groups is 1. The molecule has 0 aliphatic carbocycles.